The van der Waals surface area contributed by atoms with Gasteiger partial charge in [0, 0.05) is 32.2 Å². The highest BCUT2D eigenvalue weighted by molar-refractivity contribution is 5.47. The van der Waals surface area contributed by atoms with Gasteiger partial charge in [0.25, 0.3) is 0 Å². The first-order valence-corrected chi connectivity index (χ1v) is 8.33. The van der Waals surface area contributed by atoms with Crippen molar-refractivity contribution >= 4 is 0 Å². The summed E-state index contributed by atoms with van der Waals surface area (Å²) in [7, 11) is 3.49. The second kappa shape index (κ2) is 8.39. The largest absolute Gasteiger partial charge is 0.496 e. The molecule has 0 spiro atoms. The van der Waals surface area contributed by atoms with Crippen LogP contribution in [0, 0.1) is 5.92 Å². The monoisotopic (exact) mass is 306 g/mol. The lowest BCUT2D eigenvalue weighted by Gasteiger charge is -2.36. The molecule has 1 saturated heterocycles. The molecule has 1 aliphatic heterocycles. The summed E-state index contributed by atoms with van der Waals surface area (Å²) < 4.78 is 11.3. The summed E-state index contributed by atoms with van der Waals surface area (Å²) in [4.78, 5) is 2.57. The minimum absolute atomic E-state index is 0.357. The first-order chi connectivity index (χ1) is 10.7. The highest BCUT2D eigenvalue weighted by Gasteiger charge is 2.27. The molecule has 1 heterocycles. The van der Waals surface area contributed by atoms with Gasteiger partial charge in [-0.1, -0.05) is 19.9 Å². The Hall–Kier alpha value is -1.26. The normalized spacial score (nSPS) is 17.5. The van der Waals surface area contributed by atoms with Crippen molar-refractivity contribution in [2.24, 2.45) is 5.92 Å². The van der Waals surface area contributed by atoms with E-state index in [4.69, 9.17) is 9.47 Å². The van der Waals surface area contributed by atoms with Crippen molar-refractivity contribution in [1.82, 2.24) is 10.2 Å². The van der Waals surface area contributed by atoms with Crippen LogP contribution in [0.3, 0.4) is 0 Å². The van der Waals surface area contributed by atoms with Gasteiger partial charge in [0.15, 0.2) is 0 Å². The number of nitrogens with one attached hydrogen (secondary N) is 1. The van der Waals surface area contributed by atoms with E-state index < -0.39 is 0 Å². The third-order valence-corrected chi connectivity index (χ3v) is 4.41. The Labute approximate surface area is 134 Å². The zero-order valence-electron chi connectivity index (χ0n) is 14.4. The maximum Gasteiger partial charge on any atom is 0.127 e. The van der Waals surface area contributed by atoms with Crippen LogP contribution in [0.25, 0.3) is 0 Å². The third-order valence-electron chi connectivity index (χ3n) is 4.41. The summed E-state index contributed by atoms with van der Waals surface area (Å²) in [5.74, 6) is 2.57. The molecular weight excluding hydrogens is 276 g/mol. The van der Waals surface area contributed by atoms with Crippen LogP contribution in [0.1, 0.15) is 38.3 Å². The molecule has 0 bridgehead atoms. The number of methoxy groups -OCH3 is 2. The lowest BCUT2D eigenvalue weighted by atomic mass is 9.94. The maximum atomic E-state index is 5.64. The Morgan fingerprint density at radius 2 is 1.64 bits per heavy atom. The van der Waals surface area contributed by atoms with E-state index in [9.17, 15) is 0 Å². The summed E-state index contributed by atoms with van der Waals surface area (Å²) in [6.07, 6.45) is 2.34. The Kier molecular flexibility index (Phi) is 6.52. The van der Waals surface area contributed by atoms with Crippen LogP contribution in [0.15, 0.2) is 18.2 Å². The van der Waals surface area contributed by atoms with E-state index in [2.05, 4.69) is 24.1 Å². The van der Waals surface area contributed by atoms with E-state index in [0.29, 0.717) is 12.0 Å². The molecule has 0 radical (unpaired) electrons. The predicted molar refractivity (Wildman–Crippen MR) is 90.8 cm³/mol. The minimum atomic E-state index is 0.357. The van der Waals surface area contributed by atoms with E-state index in [-0.39, 0.29) is 0 Å². The van der Waals surface area contributed by atoms with Gasteiger partial charge in [0.2, 0.25) is 0 Å². The molecule has 124 valence electrons. The van der Waals surface area contributed by atoms with Crippen LogP contribution in [-0.4, -0.2) is 45.3 Å². The number of ether oxygens (including phenoxy) is 2. The number of hydrogen-bond acceptors (Lipinski definition) is 4. The maximum absolute atomic E-state index is 5.64. The highest BCUT2D eigenvalue weighted by atomic mass is 16.5. The van der Waals surface area contributed by atoms with Gasteiger partial charge in [-0.15, -0.1) is 0 Å². The van der Waals surface area contributed by atoms with Gasteiger partial charge in [-0.2, -0.15) is 0 Å². The van der Waals surface area contributed by atoms with Gasteiger partial charge < -0.3 is 14.8 Å². The van der Waals surface area contributed by atoms with Crippen molar-refractivity contribution in [2.75, 3.05) is 40.4 Å². The van der Waals surface area contributed by atoms with Crippen LogP contribution in [0.4, 0.5) is 0 Å². The summed E-state index contributed by atoms with van der Waals surface area (Å²) >= 11 is 0. The fourth-order valence-corrected chi connectivity index (χ4v) is 3.20. The zero-order valence-corrected chi connectivity index (χ0v) is 14.4. The smallest absolute Gasteiger partial charge is 0.127 e. The molecule has 4 heteroatoms. The van der Waals surface area contributed by atoms with Crippen LogP contribution in [-0.2, 0) is 0 Å². The van der Waals surface area contributed by atoms with Crippen molar-refractivity contribution in [3.8, 4) is 11.5 Å². The average molecular weight is 306 g/mol. The van der Waals surface area contributed by atoms with Crippen LogP contribution in [0.5, 0.6) is 11.5 Å². The van der Waals surface area contributed by atoms with Gasteiger partial charge in [-0.05, 0) is 30.9 Å². The van der Waals surface area contributed by atoms with E-state index in [0.717, 1.165) is 44.1 Å². The lowest BCUT2D eigenvalue weighted by Crippen LogP contribution is -2.45. The van der Waals surface area contributed by atoms with Gasteiger partial charge in [0.1, 0.15) is 11.5 Å². The first kappa shape index (κ1) is 17.1. The number of nitrogens with zero attached hydrogens (tertiary/aromatic N) is 1. The Balaban J connectivity index is 2.34. The molecule has 1 aromatic carbocycles. The number of rotatable bonds is 7. The quantitative estimate of drug-likeness (QED) is 0.839. The van der Waals surface area contributed by atoms with E-state index in [1.54, 1.807) is 14.2 Å². The molecule has 4 nitrogen and oxygen atoms in total. The summed E-state index contributed by atoms with van der Waals surface area (Å²) in [6, 6.07) is 6.44. The molecular formula is C18H30N2O2. The number of piperazine rings is 1. The molecule has 0 aromatic heterocycles. The molecule has 1 atom stereocenters. The van der Waals surface area contributed by atoms with E-state index in [1.165, 1.54) is 12.0 Å². The molecule has 0 amide bonds. The number of hydrogen-bond donors (Lipinski definition) is 1. The van der Waals surface area contributed by atoms with Crippen molar-refractivity contribution in [3.05, 3.63) is 23.8 Å². The lowest BCUT2D eigenvalue weighted by molar-refractivity contribution is 0.154. The van der Waals surface area contributed by atoms with Crippen molar-refractivity contribution < 1.29 is 9.47 Å². The average Bonchev–Trinajstić information content (AvgIpc) is 2.55. The first-order valence-electron chi connectivity index (χ1n) is 8.33. The van der Waals surface area contributed by atoms with Gasteiger partial charge >= 0.3 is 0 Å². The Morgan fingerprint density at radius 1 is 1.05 bits per heavy atom. The van der Waals surface area contributed by atoms with Crippen LogP contribution in [0.2, 0.25) is 0 Å². The summed E-state index contributed by atoms with van der Waals surface area (Å²) in [6.45, 7) is 8.82. The fourth-order valence-electron chi connectivity index (χ4n) is 3.20. The molecule has 1 aromatic rings. The highest BCUT2D eigenvalue weighted by Crippen LogP contribution is 2.40. The van der Waals surface area contributed by atoms with Crippen molar-refractivity contribution in [3.63, 3.8) is 0 Å². The number of benzene rings is 1. The molecule has 0 aliphatic carbocycles. The van der Waals surface area contributed by atoms with Gasteiger partial charge in [0.05, 0.1) is 19.8 Å². The molecule has 22 heavy (non-hydrogen) atoms. The third kappa shape index (κ3) is 4.14. The van der Waals surface area contributed by atoms with Crippen LogP contribution < -0.4 is 14.8 Å². The molecule has 2 rings (SSSR count). The van der Waals surface area contributed by atoms with Crippen LogP contribution >= 0.6 is 0 Å². The predicted octanol–water partition coefficient (Wildman–Crippen LogP) is 3.09. The molecule has 1 N–H and O–H groups in total. The zero-order chi connectivity index (χ0) is 15.9. The van der Waals surface area contributed by atoms with Crippen molar-refractivity contribution in [2.45, 2.75) is 32.7 Å². The van der Waals surface area contributed by atoms with E-state index >= 15 is 0 Å². The van der Waals surface area contributed by atoms with Crippen molar-refractivity contribution in [1.29, 1.82) is 0 Å². The second-order valence-corrected chi connectivity index (χ2v) is 6.35. The Morgan fingerprint density at radius 3 is 2.14 bits per heavy atom. The van der Waals surface area contributed by atoms with Gasteiger partial charge in [-0.25, -0.2) is 0 Å². The Bertz CT molecular complexity index is 434. The SMILES string of the molecule is COc1cccc(OC)c1[C@@H](CCC(C)C)N1CCNCC1. The topological polar surface area (TPSA) is 33.7 Å². The molecule has 0 saturated carbocycles. The second-order valence-electron chi connectivity index (χ2n) is 6.35. The summed E-state index contributed by atoms with van der Waals surface area (Å²) in [5, 5.41) is 3.44. The fraction of sp³-hybridized carbons (Fsp3) is 0.667. The standard InChI is InChI=1S/C18H30N2O2/c1-14(2)8-9-15(20-12-10-19-11-13-20)18-16(21-3)6-5-7-17(18)22-4/h5-7,14-15,19H,8-13H2,1-4H3/t15-/m1/s1. The minimum Gasteiger partial charge on any atom is -0.496 e. The molecule has 1 aliphatic rings. The molecule has 0 unspecified atom stereocenters. The summed E-state index contributed by atoms with van der Waals surface area (Å²) in [5.41, 5.74) is 1.20. The van der Waals surface area contributed by atoms with E-state index in [1.807, 2.05) is 18.2 Å². The van der Waals surface area contributed by atoms with Gasteiger partial charge in [-0.3, -0.25) is 4.90 Å². The molecule has 1 fully saturated rings.